The van der Waals surface area contributed by atoms with Crippen LogP contribution in [0.25, 0.3) is 0 Å². The van der Waals surface area contributed by atoms with Crippen molar-refractivity contribution in [1.29, 1.82) is 0 Å². The number of hydrogen-bond acceptors (Lipinski definition) is 3. The van der Waals surface area contributed by atoms with Crippen LogP contribution in [0.1, 0.15) is 75.0 Å². The fourth-order valence-corrected chi connectivity index (χ4v) is 4.77. The van der Waals surface area contributed by atoms with Gasteiger partial charge in [0.25, 0.3) is 0 Å². The molecular formula is C19H31NO2Si. The van der Waals surface area contributed by atoms with Gasteiger partial charge in [-0.05, 0) is 48.8 Å². The molecule has 1 saturated carbocycles. The first-order valence-corrected chi connectivity index (χ1v) is 11.8. The Kier molecular flexibility index (Phi) is 5.05. The van der Waals surface area contributed by atoms with Gasteiger partial charge < -0.3 is 4.74 Å². The largest absolute Gasteiger partial charge is 0.462 e. The normalized spacial score (nSPS) is 15.6. The van der Waals surface area contributed by atoms with Gasteiger partial charge in [-0.2, -0.15) is 0 Å². The van der Waals surface area contributed by atoms with Crippen molar-refractivity contribution in [3.8, 4) is 0 Å². The van der Waals surface area contributed by atoms with Crippen molar-refractivity contribution in [3.63, 3.8) is 0 Å². The van der Waals surface area contributed by atoms with E-state index in [9.17, 15) is 4.79 Å². The minimum absolute atomic E-state index is 0.132. The summed E-state index contributed by atoms with van der Waals surface area (Å²) in [6, 6.07) is 2.11. The maximum absolute atomic E-state index is 12.6. The molecule has 0 atom stereocenters. The van der Waals surface area contributed by atoms with Crippen LogP contribution >= 0.6 is 0 Å². The van der Waals surface area contributed by atoms with Crippen LogP contribution < -0.4 is 5.32 Å². The van der Waals surface area contributed by atoms with Crippen LogP contribution in [0, 0.1) is 0 Å². The standard InChI is InChI=1S/C19H31NO2Si/c1-8-16-14(13-10-11-13)12-15(18(21)22-9-2)17(20-16)23(6,7)19(3,4)5/h12-13H,8-11H2,1-7H3. The predicted octanol–water partition coefficient (Wildman–Crippen LogP) is 4.41. The lowest BCUT2D eigenvalue weighted by molar-refractivity contribution is 0.0527. The van der Waals surface area contributed by atoms with Gasteiger partial charge in [0.15, 0.2) is 0 Å². The lowest BCUT2D eigenvalue weighted by atomic mass is 10.0. The first-order valence-electron chi connectivity index (χ1n) is 8.84. The van der Waals surface area contributed by atoms with Crippen molar-refractivity contribution in [2.24, 2.45) is 0 Å². The molecule has 0 aliphatic heterocycles. The summed E-state index contributed by atoms with van der Waals surface area (Å²) < 4.78 is 5.35. The topological polar surface area (TPSA) is 39.2 Å². The average Bonchev–Trinajstić information content (AvgIpc) is 3.29. The number of carbonyl (C=O) groups excluding carboxylic acids is 1. The molecule has 1 fully saturated rings. The van der Waals surface area contributed by atoms with Crippen molar-refractivity contribution in [3.05, 3.63) is 22.9 Å². The number of nitrogens with zero attached hydrogens (tertiary/aromatic N) is 1. The molecule has 1 aliphatic rings. The summed E-state index contributed by atoms with van der Waals surface area (Å²) in [4.78, 5) is 17.6. The molecule has 1 aromatic heterocycles. The zero-order valence-corrected chi connectivity index (χ0v) is 16.7. The molecule has 0 bridgehead atoms. The average molecular weight is 334 g/mol. The van der Waals surface area contributed by atoms with Crippen molar-refractivity contribution >= 4 is 19.4 Å². The van der Waals surface area contributed by atoms with Crippen molar-refractivity contribution in [2.75, 3.05) is 6.61 Å². The summed E-state index contributed by atoms with van der Waals surface area (Å²) in [6.07, 6.45) is 3.36. The zero-order valence-electron chi connectivity index (χ0n) is 15.7. The molecule has 0 spiro atoms. The van der Waals surface area contributed by atoms with Gasteiger partial charge in [-0.3, -0.25) is 4.98 Å². The van der Waals surface area contributed by atoms with Crippen LogP contribution in [0.3, 0.4) is 0 Å². The van der Waals surface area contributed by atoms with Gasteiger partial charge in [0.1, 0.15) is 8.07 Å². The summed E-state index contributed by atoms with van der Waals surface area (Å²) in [5.74, 6) is 0.392. The molecule has 0 N–H and O–H groups in total. The van der Waals surface area contributed by atoms with E-state index >= 15 is 0 Å². The first-order chi connectivity index (χ1) is 10.6. The minimum Gasteiger partial charge on any atom is -0.462 e. The number of hydrogen-bond donors (Lipinski definition) is 0. The van der Waals surface area contributed by atoms with E-state index in [2.05, 4.69) is 46.9 Å². The SMILES string of the molecule is CCOC(=O)c1cc(C2CC2)c(CC)nc1[Si](C)(C)C(C)(C)C. The Labute approximate surface area is 141 Å². The summed E-state index contributed by atoms with van der Waals surface area (Å²) in [6.45, 7) is 15.8. The molecule has 0 radical (unpaired) electrons. The van der Waals surface area contributed by atoms with Crippen molar-refractivity contribution in [2.45, 2.75) is 77.9 Å². The molecular weight excluding hydrogens is 302 g/mol. The Hall–Kier alpha value is -1.16. The molecule has 23 heavy (non-hydrogen) atoms. The van der Waals surface area contributed by atoms with E-state index in [4.69, 9.17) is 9.72 Å². The monoisotopic (exact) mass is 333 g/mol. The van der Waals surface area contributed by atoms with Gasteiger partial charge in [-0.25, -0.2) is 4.79 Å². The minimum atomic E-state index is -1.91. The second-order valence-electron chi connectivity index (χ2n) is 8.14. The summed E-state index contributed by atoms with van der Waals surface area (Å²) in [5.41, 5.74) is 3.18. The third-order valence-corrected chi connectivity index (χ3v) is 10.8. The molecule has 1 heterocycles. The van der Waals surface area contributed by atoms with Gasteiger partial charge >= 0.3 is 5.97 Å². The van der Waals surface area contributed by atoms with Gasteiger partial charge in [0.05, 0.1) is 12.2 Å². The molecule has 128 valence electrons. The molecule has 2 rings (SSSR count). The molecule has 0 aromatic carbocycles. The Balaban J connectivity index is 2.65. The number of rotatable bonds is 5. The smallest absolute Gasteiger partial charge is 0.339 e. The van der Waals surface area contributed by atoms with E-state index in [0.717, 1.165) is 17.3 Å². The molecule has 0 saturated heterocycles. The second-order valence-corrected chi connectivity index (χ2v) is 13.4. The Bertz CT molecular complexity index is 598. The van der Waals surface area contributed by atoms with Crippen molar-refractivity contribution < 1.29 is 9.53 Å². The number of carbonyl (C=O) groups is 1. The lowest BCUT2D eigenvalue weighted by Gasteiger charge is -2.37. The van der Waals surface area contributed by atoms with Crippen LogP contribution in [0.4, 0.5) is 0 Å². The second kappa shape index (κ2) is 6.38. The van der Waals surface area contributed by atoms with Crippen LogP contribution in [0.2, 0.25) is 18.1 Å². The summed E-state index contributed by atoms with van der Waals surface area (Å²) in [7, 11) is -1.91. The Morgan fingerprint density at radius 1 is 1.30 bits per heavy atom. The van der Waals surface area contributed by atoms with E-state index in [1.807, 2.05) is 6.92 Å². The predicted molar refractivity (Wildman–Crippen MR) is 98.4 cm³/mol. The van der Waals surface area contributed by atoms with Crippen LogP contribution in [0.15, 0.2) is 6.07 Å². The number of aryl methyl sites for hydroxylation is 1. The van der Waals surface area contributed by atoms with Crippen LogP contribution in [-0.2, 0) is 11.2 Å². The number of ether oxygens (including phenoxy) is 1. The Morgan fingerprint density at radius 2 is 1.91 bits per heavy atom. The highest BCUT2D eigenvalue weighted by molar-refractivity contribution is 6.92. The third kappa shape index (κ3) is 3.52. The fourth-order valence-electron chi connectivity index (χ4n) is 2.79. The van der Waals surface area contributed by atoms with Crippen molar-refractivity contribution in [1.82, 2.24) is 4.98 Å². The number of pyridine rings is 1. The van der Waals surface area contributed by atoms with Gasteiger partial charge in [0, 0.05) is 11.0 Å². The number of aromatic nitrogens is 1. The van der Waals surface area contributed by atoms with E-state index in [1.165, 1.54) is 24.1 Å². The molecule has 1 aromatic rings. The third-order valence-electron chi connectivity index (χ3n) is 5.45. The maximum Gasteiger partial charge on any atom is 0.339 e. The van der Waals surface area contributed by atoms with E-state index in [1.54, 1.807) is 0 Å². The summed E-state index contributed by atoms with van der Waals surface area (Å²) in [5, 5.41) is 1.15. The van der Waals surface area contributed by atoms with Crippen LogP contribution in [-0.4, -0.2) is 25.6 Å². The van der Waals surface area contributed by atoms with E-state index in [0.29, 0.717) is 12.5 Å². The van der Waals surface area contributed by atoms with Gasteiger partial charge in [0.2, 0.25) is 0 Å². The maximum atomic E-state index is 12.6. The molecule has 3 nitrogen and oxygen atoms in total. The van der Waals surface area contributed by atoms with Gasteiger partial charge in [-0.15, -0.1) is 0 Å². The zero-order chi connectivity index (χ0) is 17.4. The molecule has 0 amide bonds. The summed E-state index contributed by atoms with van der Waals surface area (Å²) >= 11 is 0. The number of esters is 1. The van der Waals surface area contributed by atoms with E-state index in [-0.39, 0.29) is 11.0 Å². The van der Waals surface area contributed by atoms with Crippen LogP contribution in [0.5, 0.6) is 0 Å². The van der Waals surface area contributed by atoms with Gasteiger partial charge in [-0.1, -0.05) is 40.8 Å². The van der Waals surface area contributed by atoms with E-state index < -0.39 is 8.07 Å². The Morgan fingerprint density at radius 3 is 2.35 bits per heavy atom. The quantitative estimate of drug-likeness (QED) is 0.592. The first kappa shape index (κ1) is 18.2. The highest BCUT2D eigenvalue weighted by atomic mass is 28.3. The lowest BCUT2D eigenvalue weighted by Crippen LogP contribution is -2.53. The fraction of sp³-hybridized carbons (Fsp3) is 0.684. The molecule has 1 aliphatic carbocycles. The highest BCUT2D eigenvalue weighted by Crippen LogP contribution is 2.42. The molecule has 4 heteroatoms. The highest BCUT2D eigenvalue weighted by Gasteiger charge is 2.42. The molecule has 0 unspecified atom stereocenters.